The average Bonchev–Trinajstić information content (AvgIpc) is 2.69. The number of hydrogen-bond donors (Lipinski definition) is 2. The molecule has 2 heterocycles. The van der Waals surface area contributed by atoms with Crippen molar-refractivity contribution in [2.75, 3.05) is 18.5 Å². The van der Waals surface area contributed by atoms with E-state index in [1.165, 1.54) is 4.40 Å². The first-order valence-corrected chi connectivity index (χ1v) is 6.46. The highest BCUT2D eigenvalue weighted by Crippen LogP contribution is 2.23. The summed E-state index contributed by atoms with van der Waals surface area (Å²) < 4.78 is 1.53. The van der Waals surface area contributed by atoms with Crippen molar-refractivity contribution in [1.82, 2.24) is 9.38 Å². The van der Waals surface area contributed by atoms with Crippen LogP contribution in [0.5, 0.6) is 0 Å². The van der Waals surface area contributed by atoms with Crippen molar-refractivity contribution in [3.8, 4) is 0 Å². The Kier molecular flexibility index (Phi) is 3.84. The van der Waals surface area contributed by atoms with Gasteiger partial charge in [-0.3, -0.25) is 9.20 Å². The number of aliphatic carboxylic acids is 1. The summed E-state index contributed by atoms with van der Waals surface area (Å²) in [6.45, 7) is 3.88. The number of carboxylic acids is 2. The summed E-state index contributed by atoms with van der Waals surface area (Å²) in [6.07, 6.45) is 1.71. The van der Waals surface area contributed by atoms with Gasteiger partial charge >= 0.3 is 11.9 Å². The standard InChI is InChI=1S/C14H17N3O4/c1-8-6-11-15-9(2)13(14(20)21)17(11)7-10(8)16(3)5-4-12(18)19/h6-7H,4-5H2,1-3H3,(H,18,19)(H,20,21). The highest BCUT2D eigenvalue weighted by Gasteiger charge is 2.17. The van der Waals surface area contributed by atoms with E-state index in [1.54, 1.807) is 31.1 Å². The third-order valence-electron chi connectivity index (χ3n) is 3.39. The van der Waals surface area contributed by atoms with Crippen molar-refractivity contribution in [1.29, 1.82) is 0 Å². The number of aromatic nitrogens is 2. The zero-order valence-corrected chi connectivity index (χ0v) is 12.1. The Balaban J connectivity index is 2.49. The molecule has 0 bridgehead atoms. The molecule has 2 N–H and O–H groups in total. The maximum atomic E-state index is 11.3. The fourth-order valence-electron chi connectivity index (χ4n) is 2.33. The Morgan fingerprint density at radius 3 is 2.57 bits per heavy atom. The van der Waals surface area contributed by atoms with Crippen LogP contribution >= 0.6 is 0 Å². The first kappa shape index (κ1) is 14.8. The third-order valence-corrected chi connectivity index (χ3v) is 3.39. The van der Waals surface area contributed by atoms with Crippen molar-refractivity contribution < 1.29 is 19.8 Å². The van der Waals surface area contributed by atoms with Crippen LogP contribution in [0.15, 0.2) is 12.3 Å². The van der Waals surface area contributed by atoms with Gasteiger partial charge in [0.2, 0.25) is 0 Å². The zero-order chi connectivity index (χ0) is 15.7. The largest absolute Gasteiger partial charge is 0.481 e. The van der Waals surface area contributed by atoms with E-state index in [9.17, 15) is 14.7 Å². The maximum absolute atomic E-state index is 11.3. The van der Waals surface area contributed by atoms with Crippen LogP contribution in [-0.2, 0) is 4.79 Å². The van der Waals surface area contributed by atoms with Gasteiger partial charge in [0.1, 0.15) is 5.65 Å². The highest BCUT2D eigenvalue weighted by atomic mass is 16.4. The molecule has 7 heteroatoms. The van der Waals surface area contributed by atoms with Crippen LogP contribution in [0, 0.1) is 13.8 Å². The van der Waals surface area contributed by atoms with E-state index in [0.29, 0.717) is 17.9 Å². The molecule has 0 atom stereocenters. The van der Waals surface area contributed by atoms with E-state index in [1.807, 2.05) is 6.92 Å². The minimum atomic E-state index is -1.04. The molecule has 0 radical (unpaired) electrons. The molecule has 0 amide bonds. The van der Waals surface area contributed by atoms with Gasteiger partial charge in [-0.2, -0.15) is 0 Å². The van der Waals surface area contributed by atoms with Crippen molar-refractivity contribution in [2.45, 2.75) is 20.3 Å². The molecule has 0 aliphatic rings. The molecular formula is C14H17N3O4. The summed E-state index contributed by atoms with van der Waals surface area (Å²) >= 11 is 0. The Morgan fingerprint density at radius 2 is 2.00 bits per heavy atom. The lowest BCUT2D eigenvalue weighted by Gasteiger charge is -2.21. The normalized spacial score (nSPS) is 10.8. The van der Waals surface area contributed by atoms with Gasteiger partial charge in [0, 0.05) is 19.8 Å². The van der Waals surface area contributed by atoms with Crippen LogP contribution in [0.25, 0.3) is 5.65 Å². The number of carboxylic acid groups (broad SMARTS) is 2. The minimum absolute atomic E-state index is 0.0166. The average molecular weight is 291 g/mol. The molecule has 0 spiro atoms. The first-order valence-electron chi connectivity index (χ1n) is 6.46. The summed E-state index contributed by atoms with van der Waals surface area (Å²) in [5.41, 5.74) is 2.84. The van der Waals surface area contributed by atoms with E-state index >= 15 is 0 Å². The number of aryl methyl sites for hydroxylation is 2. The lowest BCUT2D eigenvalue weighted by molar-refractivity contribution is -0.136. The molecule has 21 heavy (non-hydrogen) atoms. The van der Waals surface area contributed by atoms with Gasteiger partial charge in [-0.05, 0) is 25.5 Å². The van der Waals surface area contributed by atoms with Crippen LogP contribution in [0.3, 0.4) is 0 Å². The summed E-state index contributed by atoms with van der Waals surface area (Å²) in [6, 6.07) is 1.80. The predicted molar refractivity (Wildman–Crippen MR) is 77.1 cm³/mol. The zero-order valence-electron chi connectivity index (χ0n) is 12.1. The molecule has 0 aliphatic carbocycles. The van der Waals surface area contributed by atoms with E-state index < -0.39 is 11.9 Å². The van der Waals surface area contributed by atoms with Crippen LogP contribution in [0.1, 0.15) is 28.2 Å². The number of anilines is 1. The maximum Gasteiger partial charge on any atom is 0.354 e. The molecule has 112 valence electrons. The summed E-state index contributed by atoms with van der Waals surface area (Å²) in [5, 5.41) is 18.0. The molecule has 7 nitrogen and oxygen atoms in total. The molecule has 0 aromatic carbocycles. The summed E-state index contributed by atoms with van der Waals surface area (Å²) in [7, 11) is 1.78. The number of carbonyl (C=O) groups is 2. The van der Waals surface area contributed by atoms with Gasteiger partial charge < -0.3 is 15.1 Å². The number of rotatable bonds is 5. The van der Waals surface area contributed by atoms with Gasteiger partial charge in [-0.1, -0.05) is 0 Å². The van der Waals surface area contributed by atoms with Crippen molar-refractivity contribution >= 4 is 23.3 Å². The first-order chi connectivity index (χ1) is 9.81. The van der Waals surface area contributed by atoms with Crippen molar-refractivity contribution in [2.24, 2.45) is 0 Å². The fraction of sp³-hybridized carbons (Fsp3) is 0.357. The van der Waals surface area contributed by atoms with Crippen LogP contribution in [0.2, 0.25) is 0 Å². The lowest BCUT2D eigenvalue weighted by atomic mass is 10.2. The lowest BCUT2D eigenvalue weighted by Crippen LogP contribution is -2.22. The fourth-order valence-corrected chi connectivity index (χ4v) is 2.33. The number of nitrogens with zero attached hydrogens (tertiary/aromatic N) is 3. The van der Waals surface area contributed by atoms with Crippen molar-refractivity contribution in [3.63, 3.8) is 0 Å². The molecule has 2 aromatic rings. The van der Waals surface area contributed by atoms with Crippen molar-refractivity contribution in [3.05, 3.63) is 29.2 Å². The Labute approximate surface area is 121 Å². The van der Waals surface area contributed by atoms with Gasteiger partial charge in [-0.25, -0.2) is 9.78 Å². The van der Waals surface area contributed by atoms with Crippen LogP contribution in [0.4, 0.5) is 5.69 Å². The monoisotopic (exact) mass is 291 g/mol. The second-order valence-electron chi connectivity index (χ2n) is 4.99. The molecule has 0 fully saturated rings. The van der Waals surface area contributed by atoms with Gasteiger partial charge in [-0.15, -0.1) is 0 Å². The number of imidazole rings is 1. The number of hydrogen-bond acceptors (Lipinski definition) is 4. The van der Waals surface area contributed by atoms with Gasteiger partial charge in [0.25, 0.3) is 0 Å². The van der Waals surface area contributed by atoms with E-state index in [-0.39, 0.29) is 12.1 Å². The van der Waals surface area contributed by atoms with E-state index in [4.69, 9.17) is 5.11 Å². The smallest absolute Gasteiger partial charge is 0.354 e. The number of pyridine rings is 1. The molecule has 0 saturated heterocycles. The SMILES string of the molecule is Cc1cc2nc(C)c(C(=O)O)n2cc1N(C)CCC(=O)O. The number of aromatic carboxylic acids is 1. The third kappa shape index (κ3) is 2.81. The minimum Gasteiger partial charge on any atom is -0.481 e. The molecular weight excluding hydrogens is 274 g/mol. The Morgan fingerprint density at radius 1 is 1.33 bits per heavy atom. The molecule has 0 unspecified atom stereocenters. The highest BCUT2D eigenvalue weighted by molar-refractivity contribution is 5.88. The van der Waals surface area contributed by atoms with Crippen LogP contribution < -0.4 is 4.90 Å². The molecule has 2 aromatic heterocycles. The van der Waals surface area contributed by atoms with Gasteiger partial charge in [0.15, 0.2) is 5.69 Å². The summed E-state index contributed by atoms with van der Waals surface area (Å²) in [5.74, 6) is -1.91. The number of fused-ring (bicyclic) bond motifs is 1. The van der Waals surface area contributed by atoms with E-state index in [2.05, 4.69) is 4.98 Å². The van der Waals surface area contributed by atoms with Crippen LogP contribution in [-0.4, -0.2) is 45.1 Å². The topological polar surface area (TPSA) is 95.1 Å². The predicted octanol–water partition coefficient (Wildman–Crippen LogP) is 1.56. The molecule has 2 rings (SSSR count). The second kappa shape index (κ2) is 5.43. The quantitative estimate of drug-likeness (QED) is 0.868. The Bertz CT molecular complexity index is 721. The molecule has 0 aliphatic heterocycles. The Hall–Kier alpha value is -2.57. The molecule has 0 saturated carbocycles. The van der Waals surface area contributed by atoms with E-state index in [0.717, 1.165) is 11.3 Å². The summed E-state index contributed by atoms with van der Waals surface area (Å²) in [4.78, 5) is 28.0. The second-order valence-corrected chi connectivity index (χ2v) is 4.99. The van der Waals surface area contributed by atoms with Gasteiger partial charge in [0.05, 0.1) is 17.8 Å².